The minimum atomic E-state index is 0.709. The molecule has 3 aromatic rings. The van der Waals surface area contributed by atoms with E-state index in [0.29, 0.717) is 5.65 Å². The summed E-state index contributed by atoms with van der Waals surface area (Å²) in [7, 11) is 0. The number of fused-ring (bicyclic) bond motifs is 1. The lowest BCUT2D eigenvalue weighted by atomic mass is 10.3. The standard InChI is InChI=1S/C9H6N4S/c1-2-14-4-6(1)8-10-3-7-9(13-8)12-5-11-7/h1-5H,(H,10,11,12,13). The van der Waals surface area contributed by atoms with Gasteiger partial charge in [-0.3, -0.25) is 0 Å². The van der Waals surface area contributed by atoms with Gasteiger partial charge in [0.2, 0.25) is 0 Å². The number of rotatable bonds is 1. The van der Waals surface area contributed by atoms with Crippen LogP contribution in [-0.4, -0.2) is 19.9 Å². The zero-order valence-corrected chi connectivity index (χ0v) is 7.95. The summed E-state index contributed by atoms with van der Waals surface area (Å²) in [5.74, 6) is 0.728. The van der Waals surface area contributed by atoms with E-state index in [0.717, 1.165) is 16.9 Å². The molecule has 5 heteroatoms. The van der Waals surface area contributed by atoms with Crippen LogP contribution in [0.4, 0.5) is 0 Å². The lowest BCUT2D eigenvalue weighted by molar-refractivity contribution is 1.21. The van der Waals surface area contributed by atoms with Crippen molar-refractivity contribution >= 4 is 22.5 Å². The van der Waals surface area contributed by atoms with Crippen molar-refractivity contribution in [3.63, 3.8) is 0 Å². The number of H-pyrrole nitrogens is 1. The molecule has 0 spiro atoms. The van der Waals surface area contributed by atoms with Crippen LogP contribution in [0.3, 0.4) is 0 Å². The number of hydrogen-bond donors (Lipinski definition) is 1. The van der Waals surface area contributed by atoms with Gasteiger partial charge in [-0.1, -0.05) is 0 Å². The van der Waals surface area contributed by atoms with Gasteiger partial charge in [0.05, 0.1) is 12.5 Å². The third-order valence-corrected chi connectivity index (χ3v) is 2.64. The lowest BCUT2D eigenvalue weighted by Crippen LogP contribution is -1.87. The molecule has 0 saturated heterocycles. The maximum absolute atomic E-state index is 4.33. The molecule has 3 rings (SSSR count). The fourth-order valence-corrected chi connectivity index (χ4v) is 1.90. The summed E-state index contributed by atoms with van der Waals surface area (Å²) >= 11 is 1.63. The van der Waals surface area contributed by atoms with E-state index >= 15 is 0 Å². The predicted octanol–water partition coefficient (Wildman–Crippen LogP) is 2.08. The van der Waals surface area contributed by atoms with E-state index in [1.54, 1.807) is 23.9 Å². The Hall–Kier alpha value is -1.75. The molecule has 0 unspecified atom stereocenters. The number of aromatic amines is 1. The highest BCUT2D eigenvalue weighted by Crippen LogP contribution is 2.18. The van der Waals surface area contributed by atoms with Crippen LogP contribution < -0.4 is 0 Å². The molecule has 3 heterocycles. The van der Waals surface area contributed by atoms with Gasteiger partial charge in [0.15, 0.2) is 11.5 Å². The number of thiophene rings is 1. The van der Waals surface area contributed by atoms with Crippen LogP contribution in [0.25, 0.3) is 22.6 Å². The summed E-state index contributed by atoms with van der Waals surface area (Å²) in [5.41, 5.74) is 2.62. The fourth-order valence-electron chi connectivity index (χ4n) is 1.27. The molecule has 0 bridgehead atoms. The second kappa shape index (κ2) is 2.88. The summed E-state index contributed by atoms with van der Waals surface area (Å²) in [6, 6.07) is 2.00. The average molecular weight is 202 g/mol. The second-order valence-electron chi connectivity index (χ2n) is 2.85. The summed E-state index contributed by atoms with van der Waals surface area (Å²) in [6.45, 7) is 0. The van der Waals surface area contributed by atoms with E-state index in [2.05, 4.69) is 19.9 Å². The molecule has 3 aromatic heterocycles. The monoisotopic (exact) mass is 202 g/mol. The Bertz CT molecular complexity index is 555. The molecule has 68 valence electrons. The fraction of sp³-hybridized carbons (Fsp3) is 0. The first-order valence-electron chi connectivity index (χ1n) is 4.12. The highest BCUT2D eigenvalue weighted by atomic mass is 32.1. The Balaban J connectivity index is 2.23. The van der Waals surface area contributed by atoms with Crippen molar-refractivity contribution in [1.82, 2.24) is 19.9 Å². The molecular weight excluding hydrogens is 196 g/mol. The van der Waals surface area contributed by atoms with Crippen molar-refractivity contribution in [2.24, 2.45) is 0 Å². The molecule has 0 aliphatic rings. The maximum atomic E-state index is 4.33. The maximum Gasteiger partial charge on any atom is 0.181 e. The SMILES string of the molecule is c1nc2nc(-c3ccsc3)ncc2[nH]1. The first kappa shape index (κ1) is 7.64. The summed E-state index contributed by atoms with van der Waals surface area (Å²) in [5, 5.41) is 4.03. The average Bonchev–Trinajstić information content (AvgIpc) is 2.88. The van der Waals surface area contributed by atoms with E-state index in [9.17, 15) is 0 Å². The van der Waals surface area contributed by atoms with E-state index in [1.807, 2.05) is 16.8 Å². The minimum Gasteiger partial charge on any atom is -0.342 e. The van der Waals surface area contributed by atoms with Crippen LogP contribution in [0, 0.1) is 0 Å². The smallest absolute Gasteiger partial charge is 0.181 e. The Labute approximate surface area is 83.7 Å². The molecule has 0 fully saturated rings. The molecule has 0 saturated carbocycles. The molecule has 0 aliphatic carbocycles. The topological polar surface area (TPSA) is 54.5 Å². The van der Waals surface area contributed by atoms with E-state index in [4.69, 9.17) is 0 Å². The van der Waals surface area contributed by atoms with Gasteiger partial charge in [-0.2, -0.15) is 11.3 Å². The van der Waals surface area contributed by atoms with Gasteiger partial charge in [0.25, 0.3) is 0 Å². The molecule has 0 radical (unpaired) electrons. The number of nitrogens with one attached hydrogen (secondary N) is 1. The number of aromatic nitrogens is 4. The van der Waals surface area contributed by atoms with Crippen LogP contribution in [-0.2, 0) is 0 Å². The van der Waals surface area contributed by atoms with E-state index in [1.165, 1.54) is 0 Å². The summed E-state index contributed by atoms with van der Waals surface area (Å²) < 4.78 is 0. The Morgan fingerprint density at radius 1 is 1.29 bits per heavy atom. The Kier molecular flexibility index (Phi) is 1.57. The summed E-state index contributed by atoms with van der Waals surface area (Å²) in [6.07, 6.45) is 3.37. The number of imidazole rings is 1. The normalized spacial score (nSPS) is 10.9. The highest BCUT2D eigenvalue weighted by Gasteiger charge is 2.03. The summed E-state index contributed by atoms with van der Waals surface area (Å²) in [4.78, 5) is 15.6. The Morgan fingerprint density at radius 3 is 3.14 bits per heavy atom. The zero-order valence-electron chi connectivity index (χ0n) is 7.14. The van der Waals surface area contributed by atoms with Crippen molar-refractivity contribution in [2.45, 2.75) is 0 Å². The van der Waals surface area contributed by atoms with Gasteiger partial charge in [-0.25, -0.2) is 15.0 Å². The highest BCUT2D eigenvalue weighted by molar-refractivity contribution is 7.08. The molecule has 0 amide bonds. The van der Waals surface area contributed by atoms with Crippen molar-refractivity contribution < 1.29 is 0 Å². The van der Waals surface area contributed by atoms with Crippen LogP contribution in [0.2, 0.25) is 0 Å². The van der Waals surface area contributed by atoms with Crippen molar-refractivity contribution in [1.29, 1.82) is 0 Å². The molecule has 14 heavy (non-hydrogen) atoms. The van der Waals surface area contributed by atoms with Crippen LogP contribution in [0.5, 0.6) is 0 Å². The lowest BCUT2D eigenvalue weighted by Gasteiger charge is -1.94. The van der Waals surface area contributed by atoms with Crippen LogP contribution >= 0.6 is 11.3 Å². The minimum absolute atomic E-state index is 0.709. The van der Waals surface area contributed by atoms with Crippen molar-refractivity contribution in [3.8, 4) is 11.4 Å². The molecule has 0 aromatic carbocycles. The van der Waals surface area contributed by atoms with E-state index in [-0.39, 0.29) is 0 Å². The van der Waals surface area contributed by atoms with Gasteiger partial charge in [-0.15, -0.1) is 0 Å². The van der Waals surface area contributed by atoms with Gasteiger partial charge < -0.3 is 4.98 Å². The largest absolute Gasteiger partial charge is 0.342 e. The molecule has 0 aliphatic heterocycles. The van der Waals surface area contributed by atoms with Crippen molar-refractivity contribution in [3.05, 3.63) is 29.4 Å². The van der Waals surface area contributed by atoms with Crippen LogP contribution in [0.1, 0.15) is 0 Å². The van der Waals surface area contributed by atoms with Crippen molar-refractivity contribution in [2.75, 3.05) is 0 Å². The van der Waals surface area contributed by atoms with E-state index < -0.39 is 0 Å². The predicted molar refractivity (Wildman–Crippen MR) is 55.0 cm³/mol. The molecular formula is C9H6N4S. The first-order chi connectivity index (χ1) is 6.93. The number of hydrogen-bond acceptors (Lipinski definition) is 4. The second-order valence-corrected chi connectivity index (χ2v) is 3.63. The van der Waals surface area contributed by atoms with Gasteiger partial charge in [0, 0.05) is 10.9 Å². The first-order valence-corrected chi connectivity index (χ1v) is 5.06. The molecule has 4 nitrogen and oxygen atoms in total. The quantitative estimate of drug-likeness (QED) is 0.657. The molecule has 1 N–H and O–H groups in total. The zero-order chi connectivity index (χ0) is 9.38. The molecule has 0 atom stereocenters. The van der Waals surface area contributed by atoms with Gasteiger partial charge >= 0.3 is 0 Å². The third kappa shape index (κ3) is 1.10. The number of nitrogens with zero attached hydrogens (tertiary/aromatic N) is 3. The van der Waals surface area contributed by atoms with Gasteiger partial charge in [0.1, 0.15) is 5.52 Å². The van der Waals surface area contributed by atoms with Crippen LogP contribution in [0.15, 0.2) is 29.4 Å². The third-order valence-electron chi connectivity index (χ3n) is 1.95. The van der Waals surface area contributed by atoms with Gasteiger partial charge in [-0.05, 0) is 11.4 Å². The Morgan fingerprint density at radius 2 is 2.29 bits per heavy atom.